The van der Waals surface area contributed by atoms with E-state index in [1.807, 2.05) is 0 Å². The molecule has 0 fully saturated rings. The van der Waals surface area contributed by atoms with Gasteiger partial charge in [-0.05, 0) is 33.6 Å². The van der Waals surface area contributed by atoms with E-state index in [4.69, 9.17) is 0 Å². The van der Waals surface area contributed by atoms with Gasteiger partial charge in [0.05, 0.1) is 18.8 Å². The summed E-state index contributed by atoms with van der Waals surface area (Å²) in [5.74, 6) is 0.00430. The smallest absolute Gasteiger partial charge is 0.256 e. The first-order valence-electron chi connectivity index (χ1n) is 5.83. The molecule has 2 N–H and O–H groups in total. The number of nitrogens with zero attached hydrogens (tertiary/aromatic N) is 2. The fourth-order valence-corrected chi connectivity index (χ4v) is 2.13. The number of nitrogens with one attached hydrogen (secondary N) is 2. The highest BCUT2D eigenvalue weighted by Crippen LogP contribution is 2.24. The fraction of sp³-hybridized carbons (Fsp3) is 0.0769. The molecule has 3 rings (SSSR count). The second-order valence-electron chi connectivity index (χ2n) is 4.28. The van der Waals surface area contributed by atoms with E-state index in [1.54, 1.807) is 18.2 Å². The van der Waals surface area contributed by atoms with Crippen LogP contribution in [0.25, 0.3) is 0 Å². The molecule has 0 spiro atoms. The standard InChI is InChI=1S/C13H9BrN4O2/c14-10-5-16-11(6-15-10)18-13(20)8-2-1-7-4-12(19)17-9(7)3-8/h1-3,5-6H,4H2,(H,17,19)(H,16,18,20). The van der Waals surface area contributed by atoms with E-state index in [2.05, 4.69) is 36.5 Å². The number of rotatable bonds is 2. The van der Waals surface area contributed by atoms with Gasteiger partial charge in [0.2, 0.25) is 5.91 Å². The zero-order valence-corrected chi connectivity index (χ0v) is 11.8. The Balaban J connectivity index is 1.79. The van der Waals surface area contributed by atoms with Crippen molar-refractivity contribution in [2.75, 3.05) is 10.6 Å². The molecule has 0 aliphatic carbocycles. The van der Waals surface area contributed by atoms with Crippen LogP contribution in [0.2, 0.25) is 0 Å². The summed E-state index contributed by atoms with van der Waals surface area (Å²) in [4.78, 5) is 31.3. The summed E-state index contributed by atoms with van der Waals surface area (Å²) in [6, 6.07) is 5.11. The molecule has 2 amide bonds. The topological polar surface area (TPSA) is 84.0 Å². The zero-order chi connectivity index (χ0) is 14.1. The van der Waals surface area contributed by atoms with Crippen LogP contribution in [-0.2, 0) is 11.2 Å². The molecule has 0 radical (unpaired) electrons. The molecule has 0 unspecified atom stereocenters. The van der Waals surface area contributed by atoms with Crippen LogP contribution in [0, 0.1) is 0 Å². The van der Waals surface area contributed by atoms with Crippen molar-refractivity contribution in [2.45, 2.75) is 6.42 Å². The van der Waals surface area contributed by atoms with Gasteiger partial charge >= 0.3 is 0 Å². The number of hydrogen-bond acceptors (Lipinski definition) is 4. The van der Waals surface area contributed by atoms with Crippen molar-refractivity contribution in [1.82, 2.24) is 9.97 Å². The van der Waals surface area contributed by atoms with Gasteiger partial charge in [-0.15, -0.1) is 0 Å². The molecule has 1 aliphatic heterocycles. The summed E-state index contributed by atoms with van der Waals surface area (Å²) in [6.07, 6.45) is 3.31. The molecule has 2 heterocycles. The molecule has 0 saturated heterocycles. The normalized spacial score (nSPS) is 12.8. The summed E-state index contributed by atoms with van der Waals surface area (Å²) < 4.78 is 0.593. The summed E-state index contributed by atoms with van der Waals surface area (Å²) >= 11 is 3.17. The largest absolute Gasteiger partial charge is 0.326 e. The second-order valence-corrected chi connectivity index (χ2v) is 5.09. The van der Waals surface area contributed by atoms with Gasteiger partial charge in [0.15, 0.2) is 5.82 Å². The van der Waals surface area contributed by atoms with E-state index in [9.17, 15) is 9.59 Å². The van der Waals surface area contributed by atoms with Crippen molar-refractivity contribution in [3.05, 3.63) is 46.3 Å². The van der Waals surface area contributed by atoms with Crippen LogP contribution in [0.4, 0.5) is 11.5 Å². The van der Waals surface area contributed by atoms with Crippen molar-refractivity contribution in [1.29, 1.82) is 0 Å². The number of anilines is 2. The van der Waals surface area contributed by atoms with Gasteiger partial charge in [-0.2, -0.15) is 0 Å². The SMILES string of the molecule is O=C1Cc2ccc(C(=O)Nc3cnc(Br)cn3)cc2N1. The van der Waals surface area contributed by atoms with Gasteiger partial charge in [-0.3, -0.25) is 9.59 Å². The molecule has 2 aromatic rings. The predicted octanol–water partition coefficient (Wildman–Crippen LogP) is 1.99. The average Bonchev–Trinajstić information content (AvgIpc) is 2.80. The monoisotopic (exact) mass is 332 g/mol. The first-order valence-corrected chi connectivity index (χ1v) is 6.63. The lowest BCUT2D eigenvalue weighted by atomic mass is 10.1. The van der Waals surface area contributed by atoms with Crippen LogP contribution >= 0.6 is 15.9 Å². The third-order valence-electron chi connectivity index (χ3n) is 2.86. The highest BCUT2D eigenvalue weighted by molar-refractivity contribution is 9.10. The Labute approximate surface area is 122 Å². The Morgan fingerprint density at radius 2 is 2.15 bits per heavy atom. The Morgan fingerprint density at radius 3 is 2.90 bits per heavy atom. The number of amides is 2. The maximum atomic E-state index is 12.1. The first kappa shape index (κ1) is 12.7. The van der Waals surface area contributed by atoms with E-state index in [1.165, 1.54) is 12.4 Å². The maximum Gasteiger partial charge on any atom is 0.256 e. The van der Waals surface area contributed by atoms with Crippen molar-refractivity contribution < 1.29 is 9.59 Å². The number of benzene rings is 1. The molecule has 100 valence electrons. The Morgan fingerprint density at radius 1 is 1.30 bits per heavy atom. The molecule has 1 aromatic heterocycles. The van der Waals surface area contributed by atoms with E-state index in [0.717, 1.165) is 5.56 Å². The van der Waals surface area contributed by atoms with Crippen molar-refractivity contribution in [3.8, 4) is 0 Å². The fourth-order valence-electron chi connectivity index (χ4n) is 1.92. The summed E-state index contributed by atoms with van der Waals surface area (Å²) in [5, 5.41) is 5.35. The van der Waals surface area contributed by atoms with Crippen LogP contribution in [0.15, 0.2) is 35.2 Å². The van der Waals surface area contributed by atoms with Gasteiger partial charge in [0, 0.05) is 11.3 Å². The lowest BCUT2D eigenvalue weighted by Crippen LogP contribution is -2.13. The van der Waals surface area contributed by atoms with E-state index < -0.39 is 0 Å². The van der Waals surface area contributed by atoms with Crippen LogP contribution in [0.3, 0.4) is 0 Å². The Bertz CT molecular complexity index is 700. The highest BCUT2D eigenvalue weighted by Gasteiger charge is 2.19. The molecule has 6 nitrogen and oxygen atoms in total. The summed E-state index contributed by atoms with van der Waals surface area (Å²) in [7, 11) is 0. The minimum absolute atomic E-state index is 0.0589. The summed E-state index contributed by atoms with van der Waals surface area (Å²) in [6.45, 7) is 0. The molecular formula is C13H9BrN4O2. The van der Waals surface area contributed by atoms with Crippen molar-refractivity contribution >= 4 is 39.2 Å². The number of carbonyl (C=O) groups excluding carboxylic acids is 2. The molecular weight excluding hydrogens is 324 g/mol. The quantitative estimate of drug-likeness (QED) is 0.880. The van der Waals surface area contributed by atoms with Crippen molar-refractivity contribution in [2.24, 2.45) is 0 Å². The molecule has 1 aliphatic rings. The Hall–Kier alpha value is -2.28. The average molecular weight is 333 g/mol. The van der Waals surface area contributed by atoms with Gasteiger partial charge < -0.3 is 10.6 Å². The summed E-state index contributed by atoms with van der Waals surface area (Å²) in [5.41, 5.74) is 2.04. The molecule has 7 heteroatoms. The van der Waals surface area contributed by atoms with Gasteiger partial charge in [-0.25, -0.2) is 9.97 Å². The molecule has 20 heavy (non-hydrogen) atoms. The maximum absolute atomic E-state index is 12.1. The molecule has 1 aromatic carbocycles. The zero-order valence-electron chi connectivity index (χ0n) is 10.2. The lowest BCUT2D eigenvalue weighted by molar-refractivity contribution is -0.115. The minimum Gasteiger partial charge on any atom is -0.326 e. The van der Waals surface area contributed by atoms with Crippen LogP contribution < -0.4 is 10.6 Å². The van der Waals surface area contributed by atoms with Gasteiger partial charge in [0.25, 0.3) is 5.91 Å². The molecule has 0 saturated carbocycles. The van der Waals surface area contributed by atoms with Crippen LogP contribution in [0.1, 0.15) is 15.9 Å². The predicted molar refractivity (Wildman–Crippen MR) is 76.5 cm³/mol. The second kappa shape index (κ2) is 5.01. The lowest BCUT2D eigenvalue weighted by Gasteiger charge is -2.05. The minimum atomic E-state index is -0.300. The third-order valence-corrected chi connectivity index (χ3v) is 3.27. The van der Waals surface area contributed by atoms with Gasteiger partial charge in [0.1, 0.15) is 4.60 Å². The van der Waals surface area contributed by atoms with Gasteiger partial charge in [-0.1, -0.05) is 6.07 Å². The van der Waals surface area contributed by atoms with Crippen LogP contribution in [0.5, 0.6) is 0 Å². The highest BCUT2D eigenvalue weighted by atomic mass is 79.9. The third kappa shape index (κ3) is 2.53. The number of aromatic nitrogens is 2. The van der Waals surface area contributed by atoms with E-state index in [-0.39, 0.29) is 11.8 Å². The van der Waals surface area contributed by atoms with E-state index >= 15 is 0 Å². The first-order chi connectivity index (χ1) is 9.61. The Kier molecular flexibility index (Phi) is 3.19. The van der Waals surface area contributed by atoms with Crippen molar-refractivity contribution in [3.63, 3.8) is 0 Å². The number of hydrogen-bond donors (Lipinski definition) is 2. The van der Waals surface area contributed by atoms with Crippen LogP contribution in [-0.4, -0.2) is 21.8 Å². The molecule has 0 bridgehead atoms. The molecule has 0 atom stereocenters. The number of halogens is 1. The number of fused-ring (bicyclic) bond motifs is 1. The van der Waals surface area contributed by atoms with E-state index in [0.29, 0.717) is 28.1 Å². The number of carbonyl (C=O) groups is 2.